The van der Waals surface area contributed by atoms with E-state index in [2.05, 4.69) is 26.0 Å². The molecule has 31 heavy (non-hydrogen) atoms. The first kappa shape index (κ1) is 21.7. The summed E-state index contributed by atoms with van der Waals surface area (Å²) in [6, 6.07) is 21.9. The normalized spacial score (nSPS) is 11.3. The summed E-state index contributed by atoms with van der Waals surface area (Å²) < 4.78 is 15.2. The highest BCUT2D eigenvalue weighted by atomic mass is 79.9. The van der Waals surface area contributed by atoms with Crippen LogP contribution in [0.5, 0.6) is 0 Å². The van der Waals surface area contributed by atoms with E-state index in [1.807, 2.05) is 54.6 Å². The van der Waals surface area contributed by atoms with Gasteiger partial charge in [-0.2, -0.15) is 10.1 Å². The lowest BCUT2D eigenvalue weighted by Gasteiger charge is -2.13. The van der Waals surface area contributed by atoms with E-state index in [1.165, 1.54) is 28.5 Å². The first-order chi connectivity index (χ1) is 15.1. The van der Waals surface area contributed by atoms with Crippen molar-refractivity contribution in [2.75, 3.05) is 10.8 Å². The second-order valence-electron chi connectivity index (χ2n) is 6.52. The van der Waals surface area contributed by atoms with Gasteiger partial charge in [-0.3, -0.25) is 4.79 Å². The number of aromatic nitrogens is 1. The first-order valence-electron chi connectivity index (χ1n) is 9.45. The van der Waals surface area contributed by atoms with Gasteiger partial charge >= 0.3 is 0 Å². The Kier molecular flexibility index (Phi) is 7.11. The highest BCUT2D eigenvalue weighted by molar-refractivity contribution is 9.10. The lowest BCUT2D eigenvalue weighted by atomic mass is 10.2. The van der Waals surface area contributed by atoms with Gasteiger partial charge < -0.3 is 0 Å². The molecule has 0 atom stereocenters. The van der Waals surface area contributed by atoms with Crippen LogP contribution in [0.3, 0.4) is 0 Å². The van der Waals surface area contributed by atoms with Gasteiger partial charge in [-0.25, -0.2) is 9.37 Å². The van der Waals surface area contributed by atoms with Gasteiger partial charge in [0.05, 0.1) is 16.4 Å². The Balaban J connectivity index is 1.56. The van der Waals surface area contributed by atoms with Crippen LogP contribution < -0.4 is 5.01 Å². The predicted molar refractivity (Wildman–Crippen MR) is 131 cm³/mol. The zero-order chi connectivity index (χ0) is 21.6. The number of anilines is 1. The van der Waals surface area contributed by atoms with E-state index < -0.39 is 0 Å². The minimum absolute atomic E-state index is 0.170. The van der Waals surface area contributed by atoms with Crippen LogP contribution in [0.15, 0.2) is 87.3 Å². The number of hydrogen-bond donors (Lipinski definition) is 0. The van der Waals surface area contributed by atoms with Crippen molar-refractivity contribution in [1.29, 1.82) is 0 Å². The molecule has 4 aromatic rings. The minimum Gasteiger partial charge on any atom is -0.272 e. The molecular weight excluding hydrogens is 497 g/mol. The number of halogens is 2. The monoisotopic (exact) mass is 513 g/mol. The Morgan fingerprint density at radius 1 is 1.13 bits per heavy atom. The second-order valence-corrected chi connectivity index (χ2v) is 9.61. The number of nitrogens with zero attached hydrogens (tertiary/aromatic N) is 3. The molecule has 0 aliphatic heterocycles. The number of benzene rings is 3. The summed E-state index contributed by atoms with van der Waals surface area (Å²) in [4.78, 5) is 18.6. The molecule has 4 nitrogen and oxygen atoms in total. The summed E-state index contributed by atoms with van der Waals surface area (Å²) in [7, 11) is 0. The van der Waals surface area contributed by atoms with Crippen molar-refractivity contribution in [3.8, 4) is 0 Å². The van der Waals surface area contributed by atoms with Crippen molar-refractivity contribution in [1.82, 2.24) is 4.98 Å². The van der Waals surface area contributed by atoms with Crippen molar-refractivity contribution in [2.24, 2.45) is 5.10 Å². The Labute approximate surface area is 195 Å². The fourth-order valence-corrected chi connectivity index (χ4v) is 4.84. The fourth-order valence-electron chi connectivity index (χ4n) is 2.75. The molecule has 0 fully saturated rings. The van der Waals surface area contributed by atoms with E-state index in [0.29, 0.717) is 27.5 Å². The summed E-state index contributed by atoms with van der Waals surface area (Å²) in [5.41, 5.74) is 1.49. The standard InChI is InChI=1S/C23H17BrFN3OS2/c24-17-8-6-16(7-9-17)15-26-28(22(29)12-13-30-19-4-2-1-3-5-19)23-27-20-11-10-18(25)14-21(20)31-23/h1-11,14-15H,12-13H2/b26-15+. The lowest BCUT2D eigenvalue weighted by Crippen LogP contribution is -2.25. The molecule has 8 heteroatoms. The van der Waals surface area contributed by atoms with Crippen LogP contribution in [0.4, 0.5) is 9.52 Å². The minimum atomic E-state index is -0.335. The summed E-state index contributed by atoms with van der Waals surface area (Å²) in [6.45, 7) is 0. The van der Waals surface area contributed by atoms with Crippen molar-refractivity contribution in [3.05, 3.63) is 88.6 Å². The number of rotatable bonds is 7. The molecule has 1 heterocycles. The molecule has 0 bridgehead atoms. The van der Waals surface area contributed by atoms with E-state index in [1.54, 1.807) is 24.0 Å². The van der Waals surface area contributed by atoms with Crippen molar-refractivity contribution >= 4 is 66.5 Å². The van der Waals surface area contributed by atoms with E-state index in [9.17, 15) is 9.18 Å². The molecule has 0 saturated carbocycles. The highest BCUT2D eigenvalue weighted by Crippen LogP contribution is 2.30. The number of carbonyl (C=O) groups excluding carboxylic acids is 1. The van der Waals surface area contributed by atoms with Gasteiger partial charge in [0, 0.05) is 21.5 Å². The number of hydrazone groups is 1. The maximum absolute atomic E-state index is 13.6. The maximum Gasteiger partial charge on any atom is 0.250 e. The van der Waals surface area contributed by atoms with Crippen LogP contribution in [0, 0.1) is 5.82 Å². The van der Waals surface area contributed by atoms with Crippen LogP contribution in [0.2, 0.25) is 0 Å². The highest BCUT2D eigenvalue weighted by Gasteiger charge is 2.19. The lowest BCUT2D eigenvalue weighted by molar-refractivity contribution is -0.118. The fraction of sp³-hybridized carbons (Fsp3) is 0.0870. The molecule has 4 rings (SSSR count). The quantitative estimate of drug-likeness (QED) is 0.156. The third-order valence-electron chi connectivity index (χ3n) is 4.28. The summed E-state index contributed by atoms with van der Waals surface area (Å²) in [5, 5.41) is 6.16. The van der Waals surface area contributed by atoms with Gasteiger partial charge in [-0.05, 0) is 48.0 Å². The molecule has 0 radical (unpaired) electrons. The molecular formula is C23H17BrFN3OS2. The number of amides is 1. The summed E-state index contributed by atoms with van der Waals surface area (Å²) in [5.74, 6) is 0.113. The third kappa shape index (κ3) is 5.78. The van der Waals surface area contributed by atoms with Crippen LogP contribution in [0.1, 0.15) is 12.0 Å². The third-order valence-corrected chi connectivity index (χ3v) is 6.81. The van der Waals surface area contributed by atoms with E-state index in [-0.39, 0.29) is 11.7 Å². The molecule has 1 amide bonds. The molecule has 0 aliphatic carbocycles. The molecule has 156 valence electrons. The molecule has 0 saturated heterocycles. The van der Waals surface area contributed by atoms with Crippen LogP contribution >= 0.6 is 39.0 Å². The van der Waals surface area contributed by atoms with Crippen LogP contribution in [-0.2, 0) is 4.79 Å². The SMILES string of the molecule is O=C(CCSc1ccccc1)N(/N=C/c1ccc(Br)cc1)c1nc2ccc(F)cc2s1. The van der Waals surface area contributed by atoms with Gasteiger partial charge in [0.2, 0.25) is 11.0 Å². The van der Waals surface area contributed by atoms with Gasteiger partial charge in [-0.1, -0.05) is 57.6 Å². The molecule has 0 aliphatic rings. The average Bonchev–Trinajstić information content (AvgIpc) is 3.18. The predicted octanol–water partition coefficient (Wildman–Crippen LogP) is 6.75. The molecule has 0 unspecified atom stereocenters. The Bertz CT molecular complexity index is 1210. The first-order valence-corrected chi connectivity index (χ1v) is 12.0. The van der Waals surface area contributed by atoms with Crippen molar-refractivity contribution < 1.29 is 9.18 Å². The van der Waals surface area contributed by atoms with Gasteiger partial charge in [0.1, 0.15) is 5.82 Å². The summed E-state index contributed by atoms with van der Waals surface area (Å²) >= 11 is 6.26. The van der Waals surface area contributed by atoms with Crippen LogP contribution in [-0.4, -0.2) is 22.9 Å². The Morgan fingerprint density at radius 3 is 2.68 bits per heavy atom. The number of fused-ring (bicyclic) bond motifs is 1. The Morgan fingerprint density at radius 2 is 1.90 bits per heavy atom. The largest absolute Gasteiger partial charge is 0.272 e. The number of thioether (sulfide) groups is 1. The van der Waals surface area contributed by atoms with E-state index in [0.717, 1.165) is 14.9 Å². The van der Waals surface area contributed by atoms with Crippen molar-refractivity contribution in [3.63, 3.8) is 0 Å². The van der Waals surface area contributed by atoms with Crippen molar-refractivity contribution in [2.45, 2.75) is 11.3 Å². The summed E-state index contributed by atoms with van der Waals surface area (Å²) in [6.07, 6.45) is 1.92. The zero-order valence-corrected chi connectivity index (χ0v) is 19.5. The van der Waals surface area contributed by atoms with Crippen LogP contribution in [0.25, 0.3) is 10.2 Å². The topological polar surface area (TPSA) is 45.6 Å². The number of hydrogen-bond acceptors (Lipinski definition) is 5. The van der Waals surface area contributed by atoms with Gasteiger partial charge in [0.25, 0.3) is 0 Å². The maximum atomic E-state index is 13.6. The second kappa shape index (κ2) is 10.2. The van der Waals surface area contributed by atoms with E-state index in [4.69, 9.17) is 0 Å². The molecule has 0 N–H and O–H groups in total. The van der Waals surface area contributed by atoms with Gasteiger partial charge in [0.15, 0.2) is 0 Å². The molecule has 3 aromatic carbocycles. The van der Waals surface area contributed by atoms with E-state index >= 15 is 0 Å². The van der Waals surface area contributed by atoms with Gasteiger partial charge in [-0.15, -0.1) is 11.8 Å². The average molecular weight is 514 g/mol. The number of carbonyl (C=O) groups is 1. The molecule has 1 aromatic heterocycles. The molecule has 0 spiro atoms. The zero-order valence-electron chi connectivity index (χ0n) is 16.2. The number of thiazole rings is 1. The smallest absolute Gasteiger partial charge is 0.250 e. The Hall–Kier alpha value is -2.55.